The second kappa shape index (κ2) is 30.8. The third-order valence-corrected chi connectivity index (χ3v) is 8.76. The molecule has 0 aromatic heterocycles. The molecule has 0 bridgehead atoms. The fraction of sp³-hybridized carbons (Fsp3) is 0.967. The molecule has 0 aromatic rings. The topological polar surface area (TPSA) is 133 Å². The van der Waals surface area contributed by atoms with Crippen molar-refractivity contribution in [3.8, 4) is 0 Å². The second-order valence-corrected chi connectivity index (χ2v) is 13.8. The highest BCUT2D eigenvalue weighted by Gasteiger charge is 2.13. The normalized spacial score (nSPS) is 13.4. The highest BCUT2D eigenvalue weighted by molar-refractivity contribution is 7.99. The number of hydrogen-bond donors (Lipinski definition) is 3. The van der Waals surface area contributed by atoms with Crippen LogP contribution in [0.2, 0.25) is 0 Å². The number of unbranched alkanes of at least 4 members (excludes halogenated alkanes) is 9. The van der Waals surface area contributed by atoms with E-state index in [4.69, 9.17) is 33.5 Å². The van der Waals surface area contributed by atoms with Gasteiger partial charge < -0.3 is 38.8 Å². The summed E-state index contributed by atoms with van der Waals surface area (Å²) in [7, 11) is -4.00. The van der Waals surface area contributed by atoms with Crippen molar-refractivity contribution in [1.82, 2.24) is 5.32 Å². The summed E-state index contributed by atoms with van der Waals surface area (Å²) in [5.41, 5.74) is 0. The van der Waals surface area contributed by atoms with Gasteiger partial charge in [-0.15, -0.1) is 0 Å². The summed E-state index contributed by atoms with van der Waals surface area (Å²) in [6.07, 6.45) is 13.1. The Morgan fingerprint density at radius 2 is 1.19 bits per heavy atom. The lowest BCUT2D eigenvalue weighted by molar-refractivity contribution is -0.124. The molecule has 0 saturated heterocycles. The lowest BCUT2D eigenvalue weighted by Crippen LogP contribution is -2.33. The van der Waals surface area contributed by atoms with Gasteiger partial charge in [0.1, 0.15) is 0 Å². The molecule has 0 aliphatic carbocycles. The Balaban J connectivity index is 3.41. The molecule has 0 spiro atoms. The summed E-state index contributed by atoms with van der Waals surface area (Å²) in [5.74, 6) is 2.28. The predicted molar refractivity (Wildman–Crippen MR) is 172 cm³/mol. The quantitative estimate of drug-likeness (QED) is 0.0640. The maximum absolute atomic E-state index is 12.3. The third-order valence-electron chi connectivity index (χ3n) is 6.45. The van der Waals surface area contributed by atoms with E-state index in [0.29, 0.717) is 52.1 Å². The van der Waals surface area contributed by atoms with Gasteiger partial charge in [0.15, 0.2) is 0 Å². The van der Waals surface area contributed by atoms with E-state index in [2.05, 4.69) is 19.2 Å². The van der Waals surface area contributed by atoms with Crippen LogP contribution >= 0.6 is 19.4 Å². The second-order valence-electron chi connectivity index (χ2n) is 10.9. The summed E-state index contributed by atoms with van der Waals surface area (Å²) in [6, 6.07) is 0. The van der Waals surface area contributed by atoms with Crippen LogP contribution in [0.5, 0.6) is 0 Å². The lowest BCUT2D eigenvalue weighted by atomic mass is 10.1. The summed E-state index contributed by atoms with van der Waals surface area (Å²) in [6.45, 7) is 11.3. The first-order valence-corrected chi connectivity index (χ1v) is 19.0. The fourth-order valence-electron chi connectivity index (χ4n) is 3.91. The Labute approximate surface area is 260 Å². The van der Waals surface area contributed by atoms with Crippen molar-refractivity contribution in [2.24, 2.45) is 11.8 Å². The SMILES string of the molecule is CCCCCCCCCCCCOC[C@@H](C)CSC[C@H](C)C(=O)NCCOCCOCCOCCOCCP(=O)(O)O. The number of rotatable bonds is 33. The van der Waals surface area contributed by atoms with Crippen LogP contribution in [0.25, 0.3) is 0 Å². The molecule has 0 aromatic carbocycles. The molecule has 1 amide bonds. The maximum Gasteiger partial charge on any atom is 0.327 e. The van der Waals surface area contributed by atoms with E-state index in [1.807, 2.05) is 18.7 Å². The monoisotopic (exact) mass is 643 g/mol. The smallest absolute Gasteiger partial charge is 0.327 e. The fourth-order valence-corrected chi connectivity index (χ4v) is 5.42. The molecule has 0 saturated carbocycles. The molecule has 0 radical (unpaired) electrons. The summed E-state index contributed by atoms with van der Waals surface area (Å²) in [4.78, 5) is 29.7. The van der Waals surface area contributed by atoms with Gasteiger partial charge in [0.2, 0.25) is 5.91 Å². The molecule has 10 nitrogen and oxygen atoms in total. The minimum Gasteiger partial charge on any atom is -0.381 e. The maximum atomic E-state index is 12.3. The van der Waals surface area contributed by atoms with Gasteiger partial charge in [0.25, 0.3) is 0 Å². The zero-order valence-electron chi connectivity index (χ0n) is 26.7. The summed E-state index contributed by atoms with van der Waals surface area (Å²) >= 11 is 1.81. The van der Waals surface area contributed by atoms with Gasteiger partial charge in [0.05, 0.1) is 59.0 Å². The van der Waals surface area contributed by atoms with Crippen molar-refractivity contribution >= 4 is 25.3 Å². The Morgan fingerprint density at radius 1 is 0.690 bits per heavy atom. The van der Waals surface area contributed by atoms with Crippen LogP contribution in [0.3, 0.4) is 0 Å². The number of thioether (sulfide) groups is 1. The number of amides is 1. The summed E-state index contributed by atoms with van der Waals surface area (Å²) in [5, 5.41) is 2.93. The lowest BCUT2D eigenvalue weighted by Gasteiger charge is -2.15. The molecule has 42 heavy (non-hydrogen) atoms. The Kier molecular flexibility index (Phi) is 30.6. The minimum atomic E-state index is -4.00. The molecule has 3 N–H and O–H groups in total. The van der Waals surface area contributed by atoms with Crippen LogP contribution in [-0.2, 0) is 33.0 Å². The molecule has 0 aliphatic heterocycles. The molecule has 0 unspecified atom stereocenters. The Hall–Kier alpha value is -0.230. The van der Waals surface area contributed by atoms with E-state index in [0.717, 1.165) is 31.1 Å². The van der Waals surface area contributed by atoms with E-state index in [1.165, 1.54) is 57.8 Å². The summed E-state index contributed by atoms with van der Waals surface area (Å²) < 4.78 is 37.8. The molecular formula is C30H62NO9PS. The number of hydrogen-bond acceptors (Lipinski definition) is 8. The van der Waals surface area contributed by atoms with Gasteiger partial charge in [-0.25, -0.2) is 0 Å². The first kappa shape index (κ1) is 41.8. The van der Waals surface area contributed by atoms with E-state index >= 15 is 0 Å². The number of nitrogens with one attached hydrogen (secondary N) is 1. The van der Waals surface area contributed by atoms with E-state index < -0.39 is 7.60 Å². The van der Waals surface area contributed by atoms with Crippen LogP contribution < -0.4 is 5.32 Å². The molecule has 12 heteroatoms. The van der Waals surface area contributed by atoms with Crippen LogP contribution in [-0.4, -0.2) is 106 Å². The molecule has 252 valence electrons. The highest BCUT2D eigenvalue weighted by Crippen LogP contribution is 2.33. The largest absolute Gasteiger partial charge is 0.381 e. The van der Waals surface area contributed by atoms with Crippen molar-refractivity contribution in [3.63, 3.8) is 0 Å². The zero-order valence-corrected chi connectivity index (χ0v) is 28.4. The third kappa shape index (κ3) is 32.7. The highest BCUT2D eigenvalue weighted by atomic mass is 32.2. The average molecular weight is 644 g/mol. The number of carbonyl (C=O) groups is 1. The zero-order chi connectivity index (χ0) is 31.2. The van der Waals surface area contributed by atoms with Gasteiger partial charge in [-0.05, 0) is 18.1 Å². The first-order valence-electron chi connectivity index (χ1n) is 16.0. The Bertz CT molecular complexity index is 642. The minimum absolute atomic E-state index is 0.00841. The average Bonchev–Trinajstić information content (AvgIpc) is 2.94. The molecule has 0 heterocycles. The number of carbonyl (C=O) groups excluding carboxylic acids is 1. The molecule has 2 atom stereocenters. The van der Waals surface area contributed by atoms with Gasteiger partial charge in [-0.1, -0.05) is 78.6 Å². The molecule has 0 fully saturated rings. The molecule has 0 rings (SSSR count). The van der Waals surface area contributed by atoms with Crippen LogP contribution in [0.1, 0.15) is 85.0 Å². The van der Waals surface area contributed by atoms with Gasteiger partial charge in [-0.2, -0.15) is 11.8 Å². The first-order chi connectivity index (χ1) is 20.3. The van der Waals surface area contributed by atoms with Crippen molar-refractivity contribution < 1.29 is 42.8 Å². The van der Waals surface area contributed by atoms with Gasteiger partial charge >= 0.3 is 7.60 Å². The van der Waals surface area contributed by atoms with Crippen molar-refractivity contribution in [2.45, 2.75) is 85.0 Å². The standard InChI is InChI=1S/C30H62NO9PS/c1-4-5-6-7-8-9-10-11-12-13-15-40-25-28(2)26-42-27-29(3)30(32)31-14-16-36-17-18-37-19-20-38-21-22-39-23-24-41(33,34)35/h28-29H,4-27H2,1-3H3,(H,31,32)(H2,33,34,35)/t28-,29+/m1/s1. The van der Waals surface area contributed by atoms with E-state index in [-0.39, 0.29) is 31.2 Å². The van der Waals surface area contributed by atoms with Crippen LogP contribution in [0.15, 0.2) is 0 Å². The predicted octanol–water partition coefficient (Wildman–Crippen LogP) is 5.29. The van der Waals surface area contributed by atoms with Crippen LogP contribution in [0, 0.1) is 11.8 Å². The Morgan fingerprint density at radius 3 is 1.74 bits per heavy atom. The van der Waals surface area contributed by atoms with E-state index in [9.17, 15) is 9.36 Å². The van der Waals surface area contributed by atoms with Crippen molar-refractivity contribution in [1.29, 1.82) is 0 Å². The molecular weight excluding hydrogens is 581 g/mol. The van der Waals surface area contributed by atoms with Gasteiger partial charge in [-0.3, -0.25) is 9.36 Å². The van der Waals surface area contributed by atoms with Crippen molar-refractivity contribution in [2.75, 3.05) is 90.3 Å². The van der Waals surface area contributed by atoms with E-state index in [1.54, 1.807) is 0 Å². The van der Waals surface area contributed by atoms with Crippen molar-refractivity contribution in [3.05, 3.63) is 0 Å². The molecule has 0 aliphatic rings. The van der Waals surface area contributed by atoms with Crippen LogP contribution in [0.4, 0.5) is 0 Å². The number of ether oxygens (including phenoxy) is 5. The van der Waals surface area contributed by atoms with Gasteiger partial charge in [0, 0.05) is 31.4 Å².